The first kappa shape index (κ1) is 13.5. The van der Waals surface area contributed by atoms with E-state index in [0.29, 0.717) is 0 Å². The van der Waals surface area contributed by atoms with Crippen molar-refractivity contribution < 1.29 is 4.57 Å². The monoisotopic (exact) mass is 238 g/mol. The van der Waals surface area contributed by atoms with Gasteiger partial charge in [-0.05, 0) is 0 Å². The van der Waals surface area contributed by atoms with E-state index >= 15 is 0 Å². The molecule has 0 amide bonds. The van der Waals surface area contributed by atoms with Gasteiger partial charge in [0, 0.05) is 15.6 Å². The van der Waals surface area contributed by atoms with E-state index in [9.17, 15) is 4.57 Å². The van der Waals surface area contributed by atoms with Crippen LogP contribution in [0.4, 0.5) is 0 Å². The average molecular weight is 238 g/mol. The molecule has 0 aliphatic rings. The van der Waals surface area contributed by atoms with Crippen molar-refractivity contribution in [2.24, 2.45) is 0 Å². The molecule has 0 unspecified atom stereocenters. The summed E-state index contributed by atoms with van der Waals surface area (Å²) in [5, 5.41) is 0.592. The molecule has 2 heteroatoms. The molecular formula is C14H23OP. The Morgan fingerprint density at radius 2 is 1.19 bits per heavy atom. The second kappa shape index (κ2) is 4.04. The highest BCUT2D eigenvalue weighted by Gasteiger charge is 2.47. The van der Waals surface area contributed by atoms with E-state index in [2.05, 4.69) is 41.5 Å². The van der Waals surface area contributed by atoms with E-state index in [-0.39, 0.29) is 10.3 Å². The number of hydrogen-bond donors (Lipinski definition) is 0. The molecule has 1 rings (SSSR count). The summed E-state index contributed by atoms with van der Waals surface area (Å²) in [5.74, 6) is 0. The third kappa shape index (κ3) is 2.11. The molecular weight excluding hydrogens is 215 g/mol. The standard InChI is InChI=1S/C14H23OP/c1-13(2,3)16(15,14(4,5)6)12-10-8-7-9-11-12/h7-11H,1-6H3. The van der Waals surface area contributed by atoms with Crippen LogP contribution in [-0.4, -0.2) is 10.3 Å². The van der Waals surface area contributed by atoms with Crippen molar-refractivity contribution in [3.63, 3.8) is 0 Å². The molecule has 0 fully saturated rings. The van der Waals surface area contributed by atoms with Crippen LogP contribution < -0.4 is 5.30 Å². The van der Waals surface area contributed by atoms with E-state index in [1.807, 2.05) is 30.3 Å². The summed E-state index contributed by atoms with van der Waals surface area (Å²) in [7, 11) is -2.44. The van der Waals surface area contributed by atoms with Crippen LogP contribution in [0.3, 0.4) is 0 Å². The molecule has 1 nitrogen and oxygen atoms in total. The van der Waals surface area contributed by atoms with Gasteiger partial charge in [0.1, 0.15) is 7.14 Å². The smallest absolute Gasteiger partial charge is 0.125 e. The van der Waals surface area contributed by atoms with Gasteiger partial charge < -0.3 is 4.57 Å². The first-order valence-corrected chi connectivity index (χ1v) is 7.47. The highest BCUT2D eigenvalue weighted by Crippen LogP contribution is 2.65. The summed E-state index contributed by atoms with van der Waals surface area (Å²) in [6, 6.07) is 9.91. The SMILES string of the molecule is CC(C)(C)P(=O)(c1ccccc1)C(C)(C)C. The minimum Gasteiger partial charge on any atom is -0.318 e. The Morgan fingerprint density at radius 3 is 1.50 bits per heavy atom. The van der Waals surface area contributed by atoms with Gasteiger partial charge in [-0.2, -0.15) is 0 Å². The maximum absolute atomic E-state index is 13.5. The molecule has 1 aromatic rings. The molecule has 90 valence electrons. The van der Waals surface area contributed by atoms with Crippen LogP contribution >= 0.6 is 7.14 Å². The van der Waals surface area contributed by atoms with Crippen molar-refractivity contribution >= 4 is 12.4 Å². The molecule has 0 saturated heterocycles. The Bertz CT molecular complexity index is 375. The fourth-order valence-corrected chi connectivity index (χ4v) is 6.57. The minimum atomic E-state index is -2.44. The maximum atomic E-state index is 13.5. The Balaban J connectivity index is 3.46. The van der Waals surface area contributed by atoms with Crippen molar-refractivity contribution in [2.75, 3.05) is 0 Å². The molecule has 0 radical (unpaired) electrons. The second-order valence-corrected chi connectivity index (χ2v) is 10.7. The topological polar surface area (TPSA) is 17.1 Å². The van der Waals surface area contributed by atoms with Gasteiger partial charge in [-0.1, -0.05) is 71.9 Å². The fourth-order valence-electron chi connectivity index (χ4n) is 2.42. The van der Waals surface area contributed by atoms with Crippen molar-refractivity contribution in [3.05, 3.63) is 30.3 Å². The van der Waals surface area contributed by atoms with Crippen LogP contribution in [0.1, 0.15) is 41.5 Å². The van der Waals surface area contributed by atoms with Gasteiger partial charge in [0.2, 0.25) is 0 Å². The van der Waals surface area contributed by atoms with Gasteiger partial charge in [-0.25, -0.2) is 0 Å². The van der Waals surface area contributed by atoms with E-state index in [0.717, 1.165) is 5.30 Å². The molecule has 0 aliphatic carbocycles. The molecule has 16 heavy (non-hydrogen) atoms. The molecule has 0 heterocycles. The second-order valence-electron chi connectivity index (χ2n) is 6.29. The first-order valence-electron chi connectivity index (χ1n) is 5.76. The molecule has 0 bridgehead atoms. The predicted molar refractivity (Wildman–Crippen MR) is 73.2 cm³/mol. The van der Waals surface area contributed by atoms with E-state index in [1.54, 1.807) is 0 Å². The summed E-state index contributed by atoms with van der Waals surface area (Å²) < 4.78 is 13.5. The summed E-state index contributed by atoms with van der Waals surface area (Å²) in [4.78, 5) is 0. The van der Waals surface area contributed by atoms with E-state index in [4.69, 9.17) is 0 Å². The average Bonchev–Trinajstić information content (AvgIpc) is 2.14. The quantitative estimate of drug-likeness (QED) is 0.668. The van der Waals surface area contributed by atoms with Crippen LogP contribution in [0, 0.1) is 0 Å². The molecule has 1 aromatic carbocycles. The van der Waals surface area contributed by atoms with Gasteiger partial charge in [0.15, 0.2) is 0 Å². The highest BCUT2D eigenvalue weighted by atomic mass is 31.2. The molecule has 0 N–H and O–H groups in total. The lowest BCUT2D eigenvalue weighted by Crippen LogP contribution is -2.34. The molecule has 0 atom stereocenters. The number of rotatable bonds is 1. The third-order valence-electron chi connectivity index (χ3n) is 3.01. The summed E-state index contributed by atoms with van der Waals surface area (Å²) in [6.45, 7) is 12.5. The highest BCUT2D eigenvalue weighted by molar-refractivity contribution is 7.74. The van der Waals surface area contributed by atoms with Crippen molar-refractivity contribution in [2.45, 2.75) is 51.9 Å². The Labute approximate surface area is 99.6 Å². The van der Waals surface area contributed by atoms with Crippen molar-refractivity contribution in [1.29, 1.82) is 0 Å². The van der Waals surface area contributed by atoms with Crippen LogP contribution in [0.5, 0.6) is 0 Å². The zero-order chi connectivity index (χ0) is 12.6. The van der Waals surface area contributed by atoms with Crippen molar-refractivity contribution in [3.8, 4) is 0 Å². The zero-order valence-electron chi connectivity index (χ0n) is 11.2. The van der Waals surface area contributed by atoms with Gasteiger partial charge in [-0.3, -0.25) is 0 Å². The molecule has 0 aliphatic heterocycles. The van der Waals surface area contributed by atoms with Crippen molar-refractivity contribution in [1.82, 2.24) is 0 Å². The predicted octanol–water partition coefficient (Wildman–Crippen LogP) is 4.27. The number of hydrogen-bond acceptors (Lipinski definition) is 1. The Kier molecular flexibility index (Phi) is 3.41. The number of benzene rings is 1. The molecule has 0 spiro atoms. The molecule has 0 saturated carbocycles. The lowest BCUT2D eigenvalue weighted by molar-refractivity contribution is 0.527. The van der Waals surface area contributed by atoms with Gasteiger partial charge >= 0.3 is 0 Å². The Morgan fingerprint density at radius 1 is 0.812 bits per heavy atom. The largest absolute Gasteiger partial charge is 0.318 e. The zero-order valence-corrected chi connectivity index (χ0v) is 12.1. The van der Waals surface area contributed by atoms with Crippen LogP contribution in [-0.2, 0) is 4.57 Å². The van der Waals surface area contributed by atoms with E-state index < -0.39 is 7.14 Å². The third-order valence-corrected chi connectivity index (χ3v) is 7.81. The van der Waals surface area contributed by atoms with Gasteiger partial charge in [-0.15, -0.1) is 0 Å². The van der Waals surface area contributed by atoms with Gasteiger partial charge in [0.05, 0.1) is 0 Å². The maximum Gasteiger partial charge on any atom is 0.125 e. The summed E-state index contributed by atoms with van der Waals surface area (Å²) in [5.41, 5.74) is 0. The Hall–Kier alpha value is -0.550. The molecule has 0 aromatic heterocycles. The van der Waals surface area contributed by atoms with Crippen LogP contribution in [0.2, 0.25) is 0 Å². The first-order chi connectivity index (χ1) is 7.11. The van der Waals surface area contributed by atoms with E-state index in [1.165, 1.54) is 0 Å². The summed E-state index contributed by atoms with van der Waals surface area (Å²) >= 11 is 0. The van der Waals surface area contributed by atoms with Crippen LogP contribution in [0.25, 0.3) is 0 Å². The minimum absolute atomic E-state index is 0.202. The lowest BCUT2D eigenvalue weighted by atomic mass is 10.2. The summed E-state index contributed by atoms with van der Waals surface area (Å²) in [6.07, 6.45) is 0. The lowest BCUT2D eigenvalue weighted by Gasteiger charge is -2.41. The fraction of sp³-hybridized carbons (Fsp3) is 0.571. The van der Waals surface area contributed by atoms with Crippen LogP contribution in [0.15, 0.2) is 30.3 Å². The normalized spacial score (nSPS) is 13.9. The van der Waals surface area contributed by atoms with Gasteiger partial charge in [0.25, 0.3) is 0 Å².